The van der Waals surface area contributed by atoms with Gasteiger partial charge in [-0.05, 0) is 84.7 Å². The summed E-state index contributed by atoms with van der Waals surface area (Å²) in [6.45, 7) is 21.8. The van der Waals surface area contributed by atoms with Gasteiger partial charge in [0, 0.05) is 40.4 Å². The maximum Gasteiger partial charge on any atom is 0.0491 e. The number of benzene rings is 3. The molecule has 0 amide bonds. The van der Waals surface area contributed by atoms with Crippen molar-refractivity contribution in [3.63, 3.8) is 0 Å². The fraction of sp³-hybridized carbons (Fsp3) is 0.278. The van der Waals surface area contributed by atoms with Crippen molar-refractivity contribution in [2.75, 3.05) is 11.4 Å². The van der Waals surface area contributed by atoms with Crippen LogP contribution in [0.15, 0.2) is 109 Å². The van der Waals surface area contributed by atoms with Gasteiger partial charge in [-0.3, -0.25) is 0 Å². The van der Waals surface area contributed by atoms with E-state index in [1.165, 1.54) is 49.3 Å². The largest absolute Gasteiger partial charge is 0.361 e. The molecule has 4 rings (SSSR count). The van der Waals surface area contributed by atoms with Crippen LogP contribution in [-0.4, -0.2) is 6.54 Å². The van der Waals surface area contributed by atoms with Crippen LogP contribution in [0.1, 0.15) is 59.4 Å². The average molecular weight is 505 g/mol. The molecule has 0 aromatic heterocycles. The minimum Gasteiger partial charge on any atom is -0.361 e. The van der Waals surface area contributed by atoms with Crippen molar-refractivity contribution in [1.82, 2.24) is 5.32 Å². The van der Waals surface area contributed by atoms with Crippen LogP contribution >= 0.6 is 0 Å². The van der Waals surface area contributed by atoms with Crippen LogP contribution in [0.4, 0.5) is 5.69 Å². The normalized spacial score (nSPS) is 14.7. The van der Waals surface area contributed by atoms with Gasteiger partial charge in [-0.25, -0.2) is 0 Å². The van der Waals surface area contributed by atoms with Crippen molar-refractivity contribution in [3.8, 4) is 0 Å². The zero-order valence-corrected chi connectivity index (χ0v) is 24.2. The molecule has 0 fully saturated rings. The highest BCUT2D eigenvalue weighted by Gasteiger charge is 2.23. The summed E-state index contributed by atoms with van der Waals surface area (Å²) in [6, 6.07) is 13.6. The summed E-state index contributed by atoms with van der Waals surface area (Å²) < 4.78 is 0. The molecule has 0 atom stereocenters. The third kappa shape index (κ3) is 5.86. The van der Waals surface area contributed by atoms with Gasteiger partial charge in [0.05, 0.1) is 0 Å². The predicted molar refractivity (Wildman–Crippen MR) is 171 cm³/mol. The number of rotatable bonds is 9. The van der Waals surface area contributed by atoms with Gasteiger partial charge in [-0.15, -0.1) is 0 Å². The lowest BCUT2D eigenvalue weighted by Crippen LogP contribution is -2.19. The van der Waals surface area contributed by atoms with E-state index in [0.29, 0.717) is 0 Å². The van der Waals surface area contributed by atoms with E-state index in [9.17, 15) is 0 Å². The van der Waals surface area contributed by atoms with E-state index >= 15 is 0 Å². The lowest BCUT2D eigenvalue weighted by molar-refractivity contribution is 0.940. The minimum absolute atomic E-state index is 0.957. The number of anilines is 1. The van der Waals surface area contributed by atoms with Gasteiger partial charge >= 0.3 is 0 Å². The molecule has 198 valence electrons. The Bertz CT molecular complexity index is 1480. The van der Waals surface area contributed by atoms with Crippen LogP contribution < -0.4 is 15.4 Å². The third-order valence-corrected chi connectivity index (χ3v) is 7.16. The molecule has 0 saturated carbocycles. The molecule has 3 aromatic rings. The first kappa shape index (κ1) is 28.8. The van der Waals surface area contributed by atoms with Crippen molar-refractivity contribution in [3.05, 3.63) is 120 Å². The van der Waals surface area contributed by atoms with Gasteiger partial charge in [-0.1, -0.05) is 95.0 Å². The number of allylic oxidation sites excluding steroid dienone is 6. The number of aryl methyl sites for hydroxylation is 1. The van der Waals surface area contributed by atoms with Crippen molar-refractivity contribution in [1.29, 1.82) is 0 Å². The van der Waals surface area contributed by atoms with Gasteiger partial charge in [0.15, 0.2) is 0 Å². The van der Waals surface area contributed by atoms with E-state index in [2.05, 4.69) is 99.6 Å². The standard InChI is InChI=1S/C34H38N2.C2H6/c1-7-13-31-26(9-3)21-23-36(31)32-20-17-27-16-19-28(33-25(6)15-18-29(32)34(27)33)30(10-4)35-22-12-11-14-24(5)8-2;1-2/h7,10-20,22,35H,4-5,8-9,21,23H2,1-3,6H3;1-2H3/b13-7-,14-11-,22-12-,30-28+;. The molecule has 0 saturated heterocycles. The second kappa shape index (κ2) is 13.7. The Kier molecular flexibility index (Phi) is 10.4. The van der Waals surface area contributed by atoms with Crippen molar-refractivity contribution in [2.24, 2.45) is 0 Å². The van der Waals surface area contributed by atoms with E-state index < -0.39 is 0 Å². The summed E-state index contributed by atoms with van der Waals surface area (Å²) in [5.74, 6) is 0. The van der Waals surface area contributed by atoms with Gasteiger partial charge in [0.1, 0.15) is 0 Å². The first-order valence-corrected chi connectivity index (χ1v) is 14.0. The molecular weight excluding hydrogens is 460 g/mol. The zero-order valence-electron chi connectivity index (χ0n) is 24.2. The molecule has 1 aliphatic heterocycles. The maximum atomic E-state index is 4.11. The van der Waals surface area contributed by atoms with Crippen LogP contribution in [0, 0.1) is 6.92 Å². The SMILES string of the molecule is C=C/C(N/C=C\C=C/C(=C)CC)=c1/ccc2ccc(N3CCC(CC)=C3/C=C\C)c3ccc(C)c1c23.CC. The lowest BCUT2D eigenvalue weighted by Gasteiger charge is -2.24. The Balaban J connectivity index is 0.00000195. The van der Waals surface area contributed by atoms with Crippen LogP contribution in [0.25, 0.3) is 27.2 Å². The molecule has 1 N–H and O–H groups in total. The molecule has 38 heavy (non-hydrogen) atoms. The van der Waals surface area contributed by atoms with Gasteiger partial charge in [-0.2, -0.15) is 0 Å². The Morgan fingerprint density at radius 1 is 1.03 bits per heavy atom. The summed E-state index contributed by atoms with van der Waals surface area (Å²) in [4.78, 5) is 2.50. The Hall–Kier alpha value is -3.78. The molecule has 2 heteroatoms. The number of hydrogen-bond donors (Lipinski definition) is 1. The van der Waals surface area contributed by atoms with Gasteiger partial charge < -0.3 is 10.2 Å². The molecule has 0 spiro atoms. The van der Waals surface area contributed by atoms with Gasteiger partial charge in [0.25, 0.3) is 0 Å². The summed E-state index contributed by atoms with van der Waals surface area (Å²) in [7, 11) is 0. The van der Waals surface area contributed by atoms with Gasteiger partial charge in [0.2, 0.25) is 0 Å². The van der Waals surface area contributed by atoms with Crippen LogP contribution in [0.5, 0.6) is 0 Å². The van der Waals surface area contributed by atoms with Crippen molar-refractivity contribution in [2.45, 2.75) is 60.8 Å². The predicted octanol–water partition coefficient (Wildman–Crippen LogP) is 9.42. The van der Waals surface area contributed by atoms with Crippen LogP contribution in [-0.2, 0) is 0 Å². The molecule has 0 unspecified atom stereocenters. The number of hydrogen-bond acceptors (Lipinski definition) is 2. The molecule has 1 heterocycles. The summed E-state index contributed by atoms with van der Waals surface area (Å²) in [6.07, 6.45) is 17.5. The average Bonchev–Trinajstić information content (AvgIpc) is 3.36. The van der Waals surface area contributed by atoms with E-state index in [1.807, 2.05) is 44.4 Å². The van der Waals surface area contributed by atoms with Crippen LogP contribution in [0.3, 0.4) is 0 Å². The fourth-order valence-electron chi connectivity index (χ4n) is 5.17. The highest BCUT2D eigenvalue weighted by atomic mass is 15.2. The maximum absolute atomic E-state index is 4.11. The monoisotopic (exact) mass is 504 g/mol. The third-order valence-electron chi connectivity index (χ3n) is 7.16. The molecule has 2 nitrogen and oxygen atoms in total. The van der Waals surface area contributed by atoms with E-state index in [4.69, 9.17) is 0 Å². The second-order valence-corrected chi connectivity index (χ2v) is 9.34. The summed E-state index contributed by atoms with van der Waals surface area (Å²) in [5, 5.41) is 9.80. The van der Waals surface area contributed by atoms with E-state index in [0.717, 1.165) is 37.1 Å². The Labute approximate surface area is 230 Å². The first-order chi connectivity index (χ1) is 18.5. The first-order valence-electron chi connectivity index (χ1n) is 14.0. The molecule has 0 bridgehead atoms. The lowest BCUT2D eigenvalue weighted by atomic mass is 9.93. The molecule has 1 aliphatic rings. The zero-order chi connectivity index (χ0) is 27.7. The number of nitrogens with one attached hydrogen (secondary N) is 1. The van der Waals surface area contributed by atoms with E-state index in [1.54, 1.807) is 0 Å². The number of nitrogens with zero attached hydrogens (tertiary/aromatic N) is 1. The fourth-order valence-corrected chi connectivity index (χ4v) is 5.17. The van der Waals surface area contributed by atoms with E-state index in [-0.39, 0.29) is 0 Å². The van der Waals surface area contributed by atoms with Crippen molar-refractivity contribution >= 4 is 32.9 Å². The topological polar surface area (TPSA) is 15.3 Å². The summed E-state index contributed by atoms with van der Waals surface area (Å²) >= 11 is 0. The molecule has 3 aromatic carbocycles. The molecular formula is C36H44N2. The quantitative estimate of drug-likeness (QED) is 0.292. The Morgan fingerprint density at radius 2 is 1.79 bits per heavy atom. The summed E-state index contributed by atoms with van der Waals surface area (Å²) in [5.41, 5.74) is 7.56. The highest BCUT2D eigenvalue weighted by Crippen LogP contribution is 2.39. The minimum atomic E-state index is 0.957. The smallest absolute Gasteiger partial charge is 0.0491 e. The highest BCUT2D eigenvalue weighted by molar-refractivity contribution is 6.16. The Morgan fingerprint density at radius 3 is 2.47 bits per heavy atom. The molecule has 0 radical (unpaired) electrons. The van der Waals surface area contributed by atoms with Crippen molar-refractivity contribution < 1.29 is 0 Å². The van der Waals surface area contributed by atoms with Crippen LogP contribution in [0.2, 0.25) is 0 Å². The molecule has 0 aliphatic carbocycles. The second-order valence-electron chi connectivity index (χ2n) is 9.34.